The van der Waals surface area contributed by atoms with Gasteiger partial charge in [0.1, 0.15) is 0 Å². The average Bonchev–Trinajstić information content (AvgIpc) is 2.55. The Bertz CT molecular complexity index is 631. The van der Waals surface area contributed by atoms with Gasteiger partial charge in [0.05, 0.1) is 18.8 Å². The highest BCUT2D eigenvalue weighted by Gasteiger charge is 2.21. The number of hydrogen-bond donors (Lipinski definition) is 3. The topological polar surface area (TPSA) is 82.7 Å². The van der Waals surface area contributed by atoms with Crippen molar-refractivity contribution in [2.75, 3.05) is 38.0 Å². The van der Waals surface area contributed by atoms with Crippen LogP contribution in [0.25, 0.3) is 0 Å². The van der Waals surface area contributed by atoms with E-state index in [0.29, 0.717) is 6.54 Å². The summed E-state index contributed by atoms with van der Waals surface area (Å²) in [6.45, 7) is 8.95. The fourth-order valence-electron chi connectivity index (χ4n) is 2.98. The molecule has 3 N–H and O–H groups in total. The molecule has 2 unspecified atom stereocenters. The molecule has 2 atom stereocenters. The molecule has 1 aliphatic rings. The normalized spacial score (nSPS) is 20.5. The molecule has 1 fully saturated rings. The third-order valence-corrected chi connectivity index (χ3v) is 4.57. The van der Waals surface area contributed by atoms with E-state index >= 15 is 0 Å². The first kappa shape index (κ1) is 20.7. The molecule has 0 radical (unpaired) electrons. The Morgan fingerprint density at radius 1 is 1.23 bits per heavy atom. The number of carbonyl (C=O) groups excluding carboxylic acids is 2. The lowest BCUT2D eigenvalue weighted by Crippen LogP contribution is -2.49. The number of carbonyl (C=O) groups is 2. The molecule has 1 aliphatic heterocycles. The van der Waals surface area contributed by atoms with Gasteiger partial charge in [0.15, 0.2) is 0 Å². The molecule has 0 aromatic heterocycles. The van der Waals surface area contributed by atoms with Crippen molar-refractivity contribution in [2.45, 2.75) is 33.0 Å². The predicted octanol–water partition coefficient (Wildman–Crippen LogP) is 2.10. The van der Waals surface area contributed by atoms with Crippen molar-refractivity contribution in [1.82, 2.24) is 15.5 Å². The fraction of sp³-hybridized carbons (Fsp3) is 0.556. The van der Waals surface area contributed by atoms with Gasteiger partial charge in [-0.3, -0.25) is 9.69 Å². The van der Waals surface area contributed by atoms with Crippen molar-refractivity contribution in [3.8, 4) is 0 Å². The Hall–Kier alpha value is -1.64. The number of nitrogens with zero attached hydrogens (tertiary/aromatic N) is 1. The SMILES string of the molecule is Cc1cc(Br)ccc1NC(=O)CNC(=O)NCCN1CC(C)OC(C)C1. The van der Waals surface area contributed by atoms with E-state index in [0.717, 1.165) is 35.4 Å². The van der Waals surface area contributed by atoms with E-state index in [4.69, 9.17) is 4.74 Å². The summed E-state index contributed by atoms with van der Waals surface area (Å²) in [5.41, 5.74) is 1.68. The van der Waals surface area contributed by atoms with E-state index in [1.165, 1.54) is 0 Å². The molecule has 3 amide bonds. The first-order chi connectivity index (χ1) is 12.3. The van der Waals surface area contributed by atoms with Crippen molar-refractivity contribution < 1.29 is 14.3 Å². The van der Waals surface area contributed by atoms with Gasteiger partial charge < -0.3 is 20.7 Å². The Kier molecular flexibility index (Phi) is 7.86. The number of anilines is 1. The van der Waals surface area contributed by atoms with Crippen LogP contribution in [-0.4, -0.2) is 61.8 Å². The van der Waals surface area contributed by atoms with Crippen LogP contribution in [-0.2, 0) is 9.53 Å². The minimum absolute atomic E-state index is 0.0764. The molecular weight excluding hydrogens is 400 g/mol. The molecule has 0 bridgehead atoms. The number of nitrogens with one attached hydrogen (secondary N) is 3. The molecule has 1 saturated heterocycles. The third kappa shape index (κ3) is 6.93. The number of amides is 3. The summed E-state index contributed by atoms with van der Waals surface area (Å²) in [6.07, 6.45) is 0.414. The lowest BCUT2D eigenvalue weighted by Gasteiger charge is -2.35. The van der Waals surface area contributed by atoms with Gasteiger partial charge in [-0.15, -0.1) is 0 Å². The second-order valence-corrected chi connectivity index (χ2v) is 7.55. The molecule has 2 rings (SSSR count). The second kappa shape index (κ2) is 9.89. The molecule has 7 nitrogen and oxygen atoms in total. The van der Waals surface area contributed by atoms with E-state index in [1.54, 1.807) is 0 Å². The van der Waals surface area contributed by atoms with Crippen LogP contribution in [0.1, 0.15) is 19.4 Å². The van der Waals surface area contributed by atoms with Crippen molar-refractivity contribution in [1.29, 1.82) is 0 Å². The molecule has 0 saturated carbocycles. The van der Waals surface area contributed by atoms with E-state index in [1.807, 2.05) is 25.1 Å². The maximum atomic E-state index is 12.0. The Morgan fingerprint density at radius 3 is 2.58 bits per heavy atom. The molecule has 144 valence electrons. The quantitative estimate of drug-likeness (QED) is 0.650. The van der Waals surface area contributed by atoms with Crippen LogP contribution < -0.4 is 16.0 Å². The van der Waals surface area contributed by atoms with E-state index < -0.39 is 0 Å². The van der Waals surface area contributed by atoms with Gasteiger partial charge in [0.25, 0.3) is 0 Å². The highest BCUT2D eigenvalue weighted by atomic mass is 79.9. The van der Waals surface area contributed by atoms with E-state index in [2.05, 4.69) is 50.6 Å². The first-order valence-electron chi connectivity index (χ1n) is 8.79. The van der Waals surface area contributed by atoms with Gasteiger partial charge in [-0.1, -0.05) is 15.9 Å². The van der Waals surface area contributed by atoms with Gasteiger partial charge in [-0.2, -0.15) is 0 Å². The number of benzene rings is 1. The summed E-state index contributed by atoms with van der Waals surface area (Å²) in [7, 11) is 0. The third-order valence-electron chi connectivity index (χ3n) is 4.08. The number of ether oxygens (including phenoxy) is 1. The van der Waals surface area contributed by atoms with Gasteiger partial charge in [0.2, 0.25) is 5.91 Å². The summed E-state index contributed by atoms with van der Waals surface area (Å²) < 4.78 is 6.64. The molecule has 8 heteroatoms. The van der Waals surface area contributed by atoms with Gasteiger partial charge in [0, 0.05) is 36.3 Å². The second-order valence-electron chi connectivity index (χ2n) is 6.63. The zero-order chi connectivity index (χ0) is 19.1. The highest BCUT2D eigenvalue weighted by Crippen LogP contribution is 2.19. The number of rotatable bonds is 6. The van der Waals surface area contributed by atoms with Gasteiger partial charge in [-0.25, -0.2) is 4.79 Å². The highest BCUT2D eigenvalue weighted by molar-refractivity contribution is 9.10. The lowest BCUT2D eigenvalue weighted by molar-refractivity contribution is -0.115. The lowest BCUT2D eigenvalue weighted by atomic mass is 10.2. The Morgan fingerprint density at radius 2 is 1.92 bits per heavy atom. The average molecular weight is 427 g/mol. The van der Waals surface area contributed by atoms with Crippen LogP contribution in [0.4, 0.5) is 10.5 Å². The Labute approximate surface area is 163 Å². The smallest absolute Gasteiger partial charge is 0.315 e. The van der Waals surface area contributed by atoms with Crippen molar-refractivity contribution >= 4 is 33.6 Å². The summed E-state index contributed by atoms with van der Waals surface area (Å²) >= 11 is 3.38. The summed E-state index contributed by atoms with van der Waals surface area (Å²) in [5, 5.41) is 8.14. The van der Waals surface area contributed by atoms with E-state index in [9.17, 15) is 9.59 Å². The Balaban J connectivity index is 1.64. The maximum Gasteiger partial charge on any atom is 0.315 e. The zero-order valence-corrected chi connectivity index (χ0v) is 17.1. The summed E-state index contributed by atoms with van der Waals surface area (Å²) in [4.78, 5) is 26.1. The number of aryl methyl sites for hydroxylation is 1. The molecule has 0 spiro atoms. The van der Waals surface area contributed by atoms with Crippen LogP contribution >= 0.6 is 15.9 Å². The molecule has 1 aromatic rings. The minimum Gasteiger partial charge on any atom is -0.373 e. The minimum atomic E-state index is -0.345. The summed E-state index contributed by atoms with van der Waals surface area (Å²) in [6, 6.07) is 5.25. The number of halogens is 1. The first-order valence-corrected chi connectivity index (χ1v) is 9.58. The molecule has 1 aromatic carbocycles. The fourth-order valence-corrected chi connectivity index (χ4v) is 3.45. The maximum absolute atomic E-state index is 12.0. The summed E-state index contributed by atoms with van der Waals surface area (Å²) in [5.74, 6) is -0.263. The van der Waals surface area contributed by atoms with Crippen LogP contribution in [0.3, 0.4) is 0 Å². The van der Waals surface area contributed by atoms with Crippen molar-refractivity contribution in [2.24, 2.45) is 0 Å². The largest absolute Gasteiger partial charge is 0.373 e. The standard InChI is InChI=1S/C18H27BrN4O3/c1-12-8-15(19)4-5-16(12)22-17(24)9-21-18(25)20-6-7-23-10-13(2)26-14(3)11-23/h4-5,8,13-14H,6-7,9-11H2,1-3H3,(H,22,24)(H2,20,21,25). The predicted molar refractivity (Wildman–Crippen MR) is 105 cm³/mol. The molecular formula is C18H27BrN4O3. The van der Waals surface area contributed by atoms with Crippen LogP contribution in [0.5, 0.6) is 0 Å². The van der Waals surface area contributed by atoms with Crippen molar-refractivity contribution in [3.05, 3.63) is 28.2 Å². The molecule has 26 heavy (non-hydrogen) atoms. The van der Waals surface area contributed by atoms with Crippen LogP contribution in [0.15, 0.2) is 22.7 Å². The molecule has 1 heterocycles. The monoisotopic (exact) mass is 426 g/mol. The zero-order valence-electron chi connectivity index (χ0n) is 15.5. The van der Waals surface area contributed by atoms with Crippen LogP contribution in [0, 0.1) is 6.92 Å². The van der Waals surface area contributed by atoms with E-state index in [-0.39, 0.29) is 30.7 Å². The van der Waals surface area contributed by atoms with Crippen molar-refractivity contribution in [3.63, 3.8) is 0 Å². The van der Waals surface area contributed by atoms with Gasteiger partial charge >= 0.3 is 6.03 Å². The number of hydrogen-bond acceptors (Lipinski definition) is 4. The number of urea groups is 1. The molecule has 0 aliphatic carbocycles. The number of morpholine rings is 1. The van der Waals surface area contributed by atoms with Crippen LogP contribution in [0.2, 0.25) is 0 Å². The van der Waals surface area contributed by atoms with Gasteiger partial charge in [-0.05, 0) is 44.5 Å².